The number of ether oxygens (including phenoxy) is 1. The van der Waals surface area contributed by atoms with Gasteiger partial charge >= 0.3 is 5.97 Å². The normalized spacial score (nSPS) is 14.2. The Morgan fingerprint density at radius 2 is 1.75 bits per heavy atom. The van der Waals surface area contributed by atoms with Gasteiger partial charge in [0.05, 0.1) is 22.5 Å². The lowest BCUT2D eigenvalue weighted by Gasteiger charge is -2.16. The standard InChI is InChI=1S/C21H22N2O5/c1-2-3-14-28-19(24)15-4-8-17(9-5-15)22-20(25)21(12-13-21)16-6-10-18(11-7-16)23(26)27/h4-11H,2-3,12-14H2,1H3,(H,22,25). The first-order chi connectivity index (χ1) is 13.5. The average molecular weight is 382 g/mol. The van der Waals surface area contributed by atoms with Gasteiger partial charge in [0.15, 0.2) is 0 Å². The van der Waals surface area contributed by atoms with Crippen molar-refractivity contribution in [3.05, 3.63) is 69.8 Å². The third-order valence-electron chi connectivity index (χ3n) is 4.92. The maximum absolute atomic E-state index is 12.8. The van der Waals surface area contributed by atoms with E-state index in [9.17, 15) is 19.7 Å². The van der Waals surface area contributed by atoms with Crippen LogP contribution in [0, 0.1) is 10.1 Å². The number of unbranched alkanes of at least 4 members (excludes halogenated alkanes) is 1. The minimum Gasteiger partial charge on any atom is -0.462 e. The number of nitrogens with zero attached hydrogens (tertiary/aromatic N) is 1. The fourth-order valence-electron chi connectivity index (χ4n) is 3.01. The second-order valence-corrected chi connectivity index (χ2v) is 6.91. The van der Waals surface area contributed by atoms with Gasteiger partial charge in [0.1, 0.15) is 0 Å². The molecular weight excluding hydrogens is 360 g/mol. The minimum absolute atomic E-state index is 0.00127. The summed E-state index contributed by atoms with van der Waals surface area (Å²) >= 11 is 0. The second-order valence-electron chi connectivity index (χ2n) is 6.91. The van der Waals surface area contributed by atoms with Crippen LogP contribution in [0.3, 0.4) is 0 Å². The van der Waals surface area contributed by atoms with E-state index in [0.29, 0.717) is 30.7 Å². The molecule has 7 nitrogen and oxygen atoms in total. The summed E-state index contributed by atoms with van der Waals surface area (Å²) in [4.78, 5) is 35.0. The monoisotopic (exact) mass is 382 g/mol. The molecule has 0 saturated heterocycles. The van der Waals surface area contributed by atoms with E-state index in [1.807, 2.05) is 6.92 Å². The molecule has 1 saturated carbocycles. The van der Waals surface area contributed by atoms with E-state index in [4.69, 9.17) is 4.74 Å². The van der Waals surface area contributed by atoms with Crippen molar-refractivity contribution in [2.45, 2.75) is 38.0 Å². The highest BCUT2D eigenvalue weighted by Gasteiger charge is 2.51. The molecule has 1 N–H and O–H groups in total. The Bertz CT molecular complexity index is 871. The lowest BCUT2D eigenvalue weighted by molar-refractivity contribution is -0.384. The number of nitrogens with one attached hydrogen (secondary N) is 1. The van der Waals surface area contributed by atoms with Crippen LogP contribution >= 0.6 is 0 Å². The van der Waals surface area contributed by atoms with Gasteiger partial charge in [-0.25, -0.2) is 4.79 Å². The molecule has 3 rings (SSSR count). The van der Waals surface area contributed by atoms with E-state index in [0.717, 1.165) is 18.4 Å². The quantitative estimate of drug-likeness (QED) is 0.319. The second kappa shape index (κ2) is 8.21. The van der Waals surface area contributed by atoms with Crippen molar-refractivity contribution < 1.29 is 19.2 Å². The van der Waals surface area contributed by atoms with Gasteiger partial charge in [-0.2, -0.15) is 0 Å². The van der Waals surface area contributed by atoms with Crippen LogP contribution in [0.25, 0.3) is 0 Å². The first kappa shape index (κ1) is 19.5. The number of hydrogen-bond donors (Lipinski definition) is 1. The van der Waals surface area contributed by atoms with Crippen LogP contribution in [-0.2, 0) is 14.9 Å². The van der Waals surface area contributed by atoms with Crippen molar-refractivity contribution in [1.82, 2.24) is 0 Å². The summed E-state index contributed by atoms with van der Waals surface area (Å²) in [7, 11) is 0. The maximum atomic E-state index is 12.8. The van der Waals surface area contributed by atoms with Crippen molar-refractivity contribution in [3.8, 4) is 0 Å². The Hall–Kier alpha value is -3.22. The number of benzene rings is 2. The molecule has 7 heteroatoms. The number of non-ortho nitro benzene ring substituents is 1. The lowest BCUT2D eigenvalue weighted by atomic mass is 9.94. The summed E-state index contributed by atoms with van der Waals surface area (Å²) < 4.78 is 5.16. The molecule has 0 aliphatic heterocycles. The number of esters is 1. The van der Waals surface area contributed by atoms with Gasteiger partial charge in [0.25, 0.3) is 5.69 Å². The third kappa shape index (κ3) is 4.19. The molecular formula is C21H22N2O5. The Balaban J connectivity index is 1.64. The van der Waals surface area contributed by atoms with Gasteiger partial charge in [-0.15, -0.1) is 0 Å². The molecule has 0 bridgehead atoms. The van der Waals surface area contributed by atoms with E-state index in [-0.39, 0.29) is 17.6 Å². The third-order valence-corrected chi connectivity index (χ3v) is 4.92. The van der Waals surface area contributed by atoms with Crippen LogP contribution in [-0.4, -0.2) is 23.4 Å². The van der Waals surface area contributed by atoms with Crippen LogP contribution < -0.4 is 5.32 Å². The molecule has 1 aliphatic carbocycles. The SMILES string of the molecule is CCCCOC(=O)c1ccc(NC(=O)C2(c3ccc([N+](=O)[O-])cc3)CC2)cc1. The van der Waals surface area contributed by atoms with Crippen molar-refractivity contribution in [1.29, 1.82) is 0 Å². The highest BCUT2D eigenvalue weighted by molar-refractivity contribution is 6.01. The fraction of sp³-hybridized carbons (Fsp3) is 0.333. The molecule has 0 radical (unpaired) electrons. The van der Waals surface area contributed by atoms with E-state index in [1.54, 1.807) is 36.4 Å². The van der Waals surface area contributed by atoms with Crippen LogP contribution in [0.5, 0.6) is 0 Å². The van der Waals surface area contributed by atoms with Gasteiger partial charge < -0.3 is 10.1 Å². The Morgan fingerprint density at radius 3 is 2.29 bits per heavy atom. The first-order valence-electron chi connectivity index (χ1n) is 9.30. The van der Waals surface area contributed by atoms with Crippen molar-refractivity contribution >= 4 is 23.3 Å². The molecule has 1 amide bonds. The van der Waals surface area contributed by atoms with Crippen molar-refractivity contribution in [3.63, 3.8) is 0 Å². The molecule has 28 heavy (non-hydrogen) atoms. The Kier molecular flexibility index (Phi) is 5.73. The average Bonchev–Trinajstić information content (AvgIpc) is 3.51. The number of rotatable bonds is 8. The van der Waals surface area contributed by atoms with Gasteiger partial charge in [-0.3, -0.25) is 14.9 Å². The highest BCUT2D eigenvalue weighted by Crippen LogP contribution is 2.49. The van der Waals surface area contributed by atoms with Crippen LogP contribution in [0.2, 0.25) is 0 Å². The smallest absolute Gasteiger partial charge is 0.338 e. The molecule has 0 aromatic heterocycles. The van der Waals surface area contributed by atoms with Gasteiger partial charge in [-0.1, -0.05) is 25.5 Å². The van der Waals surface area contributed by atoms with Crippen LogP contribution in [0.1, 0.15) is 48.5 Å². The maximum Gasteiger partial charge on any atom is 0.338 e. The van der Waals surface area contributed by atoms with Gasteiger partial charge in [0.2, 0.25) is 5.91 Å². The minimum atomic E-state index is -0.646. The molecule has 1 fully saturated rings. The van der Waals surface area contributed by atoms with Gasteiger partial charge in [0, 0.05) is 17.8 Å². The largest absolute Gasteiger partial charge is 0.462 e. The number of anilines is 1. The number of nitro groups is 1. The van der Waals surface area contributed by atoms with Crippen molar-refractivity contribution in [2.75, 3.05) is 11.9 Å². The highest BCUT2D eigenvalue weighted by atomic mass is 16.6. The van der Waals surface area contributed by atoms with E-state index < -0.39 is 10.3 Å². The molecule has 2 aromatic rings. The zero-order valence-electron chi connectivity index (χ0n) is 15.6. The van der Waals surface area contributed by atoms with E-state index in [2.05, 4.69) is 5.32 Å². The lowest BCUT2D eigenvalue weighted by Crippen LogP contribution is -2.27. The number of carbonyl (C=O) groups is 2. The number of nitro benzene ring substituents is 1. The zero-order chi connectivity index (χ0) is 20.1. The fourth-order valence-corrected chi connectivity index (χ4v) is 3.01. The number of carbonyl (C=O) groups excluding carboxylic acids is 2. The summed E-state index contributed by atoms with van der Waals surface area (Å²) in [5.41, 5.74) is 1.15. The molecule has 0 unspecified atom stereocenters. The predicted molar refractivity (Wildman–Crippen MR) is 104 cm³/mol. The number of amides is 1. The van der Waals surface area contributed by atoms with Gasteiger partial charge in [-0.05, 0) is 49.1 Å². The van der Waals surface area contributed by atoms with E-state index in [1.165, 1.54) is 12.1 Å². The molecule has 1 aliphatic rings. The number of hydrogen-bond acceptors (Lipinski definition) is 5. The first-order valence-corrected chi connectivity index (χ1v) is 9.30. The summed E-state index contributed by atoms with van der Waals surface area (Å²) in [6.07, 6.45) is 3.16. The Morgan fingerprint density at radius 1 is 1.11 bits per heavy atom. The van der Waals surface area contributed by atoms with Crippen LogP contribution in [0.4, 0.5) is 11.4 Å². The summed E-state index contributed by atoms with van der Waals surface area (Å²) in [5, 5.41) is 13.7. The predicted octanol–water partition coefficient (Wildman–Crippen LogP) is 4.22. The Labute approximate surface area is 162 Å². The molecule has 2 aromatic carbocycles. The molecule has 146 valence electrons. The van der Waals surface area contributed by atoms with Crippen molar-refractivity contribution in [2.24, 2.45) is 0 Å². The summed E-state index contributed by atoms with van der Waals surface area (Å²) in [5.74, 6) is -0.532. The topological polar surface area (TPSA) is 98.5 Å². The van der Waals surface area contributed by atoms with E-state index >= 15 is 0 Å². The molecule has 0 heterocycles. The molecule has 0 spiro atoms. The zero-order valence-corrected chi connectivity index (χ0v) is 15.6. The summed E-state index contributed by atoms with van der Waals surface area (Å²) in [6, 6.07) is 12.7. The van der Waals surface area contributed by atoms with Crippen LogP contribution in [0.15, 0.2) is 48.5 Å². The summed E-state index contributed by atoms with van der Waals surface area (Å²) in [6.45, 7) is 2.42. The molecule has 0 atom stereocenters.